The molecule has 1 aromatic carbocycles. The first-order chi connectivity index (χ1) is 19.0. The number of carboxylic acids is 1. The lowest BCUT2D eigenvalue weighted by atomic mass is 10.0. The number of nitrogens with one attached hydrogen (secondary N) is 3. The van der Waals surface area contributed by atoms with E-state index in [0.29, 0.717) is 38.8 Å². The summed E-state index contributed by atoms with van der Waals surface area (Å²) in [6.07, 6.45) is 3.70. The molecule has 0 spiro atoms. The lowest BCUT2D eigenvalue weighted by molar-refractivity contribution is -0.145. The number of carbonyl (C=O) groups excluding carboxylic acids is 3. The maximum absolute atomic E-state index is 13.9. The molecular weight excluding hydrogens is 516 g/mol. The molecule has 1 saturated heterocycles. The summed E-state index contributed by atoms with van der Waals surface area (Å²) in [5.41, 5.74) is 18.5. The number of guanidine groups is 1. The minimum absolute atomic E-state index is 0.0466. The number of rotatable bonds is 13. The Labute approximate surface area is 232 Å². The van der Waals surface area contributed by atoms with Gasteiger partial charge in [-0.05, 0) is 43.2 Å². The predicted octanol–water partition coefficient (Wildman–Crippen LogP) is -0.207. The van der Waals surface area contributed by atoms with Gasteiger partial charge in [0.15, 0.2) is 5.96 Å². The molecule has 4 unspecified atom stereocenters. The fourth-order valence-corrected chi connectivity index (χ4v) is 4.92. The summed E-state index contributed by atoms with van der Waals surface area (Å²) in [5.74, 6) is -2.99. The third-order valence-electron chi connectivity index (χ3n) is 7.09. The van der Waals surface area contributed by atoms with Crippen molar-refractivity contribution in [1.82, 2.24) is 20.5 Å². The van der Waals surface area contributed by atoms with Crippen LogP contribution < -0.4 is 27.8 Å². The molecule has 218 valence electrons. The van der Waals surface area contributed by atoms with Crippen molar-refractivity contribution in [3.63, 3.8) is 0 Å². The number of hydrogen-bond donors (Lipinski definition) is 7. The van der Waals surface area contributed by atoms with Gasteiger partial charge in [-0.15, -0.1) is 0 Å². The van der Waals surface area contributed by atoms with E-state index in [9.17, 15) is 24.3 Å². The van der Waals surface area contributed by atoms with Crippen molar-refractivity contribution in [3.05, 3.63) is 36.0 Å². The van der Waals surface area contributed by atoms with Crippen LogP contribution in [-0.4, -0.2) is 81.9 Å². The number of carboxylic acid groups (broad SMARTS) is 1. The van der Waals surface area contributed by atoms with Gasteiger partial charge in [0.25, 0.3) is 0 Å². The Morgan fingerprint density at radius 2 is 1.90 bits per heavy atom. The number of carbonyl (C=O) groups is 4. The molecule has 1 aromatic heterocycles. The molecule has 4 atom stereocenters. The van der Waals surface area contributed by atoms with Gasteiger partial charge >= 0.3 is 5.97 Å². The normalized spacial score (nSPS) is 17.3. The number of aliphatic carboxylic acids is 1. The van der Waals surface area contributed by atoms with E-state index in [1.165, 1.54) is 4.90 Å². The first-order valence-electron chi connectivity index (χ1n) is 13.5. The Morgan fingerprint density at radius 3 is 2.58 bits per heavy atom. The van der Waals surface area contributed by atoms with Crippen LogP contribution in [0.4, 0.5) is 0 Å². The summed E-state index contributed by atoms with van der Waals surface area (Å²) >= 11 is 0. The third-order valence-corrected chi connectivity index (χ3v) is 7.09. The van der Waals surface area contributed by atoms with E-state index in [-0.39, 0.29) is 18.3 Å². The Hall–Kier alpha value is -4.13. The zero-order valence-electron chi connectivity index (χ0n) is 22.9. The zero-order chi connectivity index (χ0) is 29.4. The SMILES string of the molecule is CC(C)C(NC(=O)C1CCCN1C(=O)C(Cc1c[nH]c2ccccc12)NC(=O)C(N)CCCN=C(N)N)C(=O)O. The Bertz CT molecular complexity index is 1240. The van der Waals surface area contributed by atoms with Gasteiger partial charge in [0.05, 0.1) is 6.04 Å². The highest BCUT2D eigenvalue weighted by Gasteiger charge is 2.39. The number of para-hydroxylation sites is 1. The van der Waals surface area contributed by atoms with E-state index in [0.717, 1.165) is 16.5 Å². The predicted molar refractivity (Wildman–Crippen MR) is 151 cm³/mol. The molecule has 1 fully saturated rings. The molecule has 40 heavy (non-hydrogen) atoms. The van der Waals surface area contributed by atoms with Crippen molar-refractivity contribution in [3.8, 4) is 0 Å². The first-order valence-corrected chi connectivity index (χ1v) is 13.5. The van der Waals surface area contributed by atoms with E-state index < -0.39 is 47.9 Å². The molecule has 2 heterocycles. The topological polar surface area (TPSA) is 222 Å². The lowest BCUT2D eigenvalue weighted by Crippen LogP contribution is -2.57. The fraction of sp³-hybridized carbons (Fsp3) is 0.519. The molecule has 1 aliphatic heterocycles. The van der Waals surface area contributed by atoms with E-state index >= 15 is 0 Å². The average molecular weight is 557 g/mol. The number of fused-ring (bicyclic) bond motifs is 1. The van der Waals surface area contributed by atoms with Crippen LogP contribution in [-0.2, 0) is 25.6 Å². The molecule has 3 rings (SSSR count). The van der Waals surface area contributed by atoms with Crippen molar-refractivity contribution in [2.45, 2.75) is 70.1 Å². The van der Waals surface area contributed by atoms with Crippen LogP contribution in [0.15, 0.2) is 35.5 Å². The number of nitrogens with two attached hydrogens (primary N) is 3. The molecule has 3 amide bonds. The van der Waals surface area contributed by atoms with Crippen molar-refractivity contribution in [1.29, 1.82) is 0 Å². The standard InChI is InChI=1S/C27H40N8O5/c1-15(2)22(26(39)40)34-24(37)21-10-6-12-35(21)25(38)20(13-16-14-32-19-9-4-3-7-17(16)19)33-23(36)18(28)8-5-11-31-27(29)30/h3-4,7,9,14-15,18,20-22,32H,5-6,8,10-13,28H2,1-2H3,(H,33,36)(H,34,37)(H,39,40)(H4,29,30,31). The summed E-state index contributed by atoms with van der Waals surface area (Å²) in [7, 11) is 0. The molecule has 13 nitrogen and oxygen atoms in total. The van der Waals surface area contributed by atoms with Gasteiger partial charge in [-0.3, -0.25) is 19.4 Å². The maximum Gasteiger partial charge on any atom is 0.326 e. The van der Waals surface area contributed by atoms with Crippen molar-refractivity contribution < 1.29 is 24.3 Å². The highest BCUT2D eigenvalue weighted by Crippen LogP contribution is 2.23. The molecule has 13 heteroatoms. The monoisotopic (exact) mass is 556 g/mol. The van der Waals surface area contributed by atoms with Gasteiger partial charge in [0, 0.05) is 36.6 Å². The number of aromatic amines is 1. The molecule has 0 radical (unpaired) electrons. The maximum atomic E-state index is 13.9. The smallest absolute Gasteiger partial charge is 0.326 e. The Morgan fingerprint density at radius 1 is 1.18 bits per heavy atom. The van der Waals surface area contributed by atoms with Gasteiger partial charge in [0.1, 0.15) is 18.1 Å². The Balaban J connectivity index is 1.80. The molecule has 1 aliphatic rings. The first kappa shape index (κ1) is 30.4. The summed E-state index contributed by atoms with van der Waals surface area (Å²) in [6.45, 7) is 4.02. The quantitative estimate of drug-likeness (QED) is 0.0991. The highest BCUT2D eigenvalue weighted by atomic mass is 16.4. The van der Waals surface area contributed by atoms with Crippen LogP contribution in [0.25, 0.3) is 10.9 Å². The van der Waals surface area contributed by atoms with Gasteiger partial charge < -0.3 is 42.8 Å². The molecule has 0 aliphatic carbocycles. The van der Waals surface area contributed by atoms with Crippen molar-refractivity contribution in [2.24, 2.45) is 28.1 Å². The van der Waals surface area contributed by atoms with Crippen molar-refractivity contribution >= 4 is 40.6 Å². The minimum Gasteiger partial charge on any atom is -0.480 e. The zero-order valence-corrected chi connectivity index (χ0v) is 22.9. The third kappa shape index (κ3) is 7.72. The second kappa shape index (κ2) is 13.8. The largest absolute Gasteiger partial charge is 0.480 e. The van der Waals surface area contributed by atoms with Gasteiger partial charge in [-0.2, -0.15) is 0 Å². The van der Waals surface area contributed by atoms with Crippen LogP contribution in [0, 0.1) is 5.92 Å². The van der Waals surface area contributed by atoms with Gasteiger partial charge in [0.2, 0.25) is 17.7 Å². The van der Waals surface area contributed by atoms with E-state index in [1.807, 2.05) is 24.3 Å². The summed E-state index contributed by atoms with van der Waals surface area (Å²) in [6, 6.07) is 3.79. The van der Waals surface area contributed by atoms with Crippen LogP contribution in [0.1, 0.15) is 45.1 Å². The number of likely N-dealkylation sites (tertiary alicyclic amines) is 1. The molecule has 10 N–H and O–H groups in total. The van der Waals surface area contributed by atoms with Gasteiger partial charge in [-0.25, -0.2) is 4.79 Å². The highest BCUT2D eigenvalue weighted by molar-refractivity contribution is 5.95. The molecule has 2 aromatic rings. The number of aliphatic imine (C=N–C) groups is 1. The number of aromatic nitrogens is 1. The lowest BCUT2D eigenvalue weighted by Gasteiger charge is -2.30. The number of nitrogens with zero attached hydrogens (tertiary/aromatic N) is 2. The number of benzene rings is 1. The van der Waals surface area contributed by atoms with Crippen molar-refractivity contribution in [2.75, 3.05) is 13.1 Å². The summed E-state index contributed by atoms with van der Waals surface area (Å²) in [5, 5.41) is 15.8. The van der Waals surface area contributed by atoms with E-state index in [4.69, 9.17) is 17.2 Å². The average Bonchev–Trinajstić information content (AvgIpc) is 3.56. The number of hydrogen-bond acceptors (Lipinski definition) is 6. The summed E-state index contributed by atoms with van der Waals surface area (Å²) in [4.78, 5) is 60.2. The van der Waals surface area contributed by atoms with Gasteiger partial charge in [-0.1, -0.05) is 32.0 Å². The number of H-pyrrole nitrogens is 1. The number of amides is 3. The van der Waals surface area contributed by atoms with E-state index in [1.54, 1.807) is 20.0 Å². The van der Waals surface area contributed by atoms with E-state index in [2.05, 4.69) is 20.6 Å². The van der Waals surface area contributed by atoms with Crippen LogP contribution in [0.2, 0.25) is 0 Å². The van der Waals surface area contributed by atoms with Crippen LogP contribution >= 0.6 is 0 Å². The Kier molecular flexibility index (Phi) is 10.5. The molecule has 0 bridgehead atoms. The van der Waals surface area contributed by atoms with Crippen LogP contribution in [0.5, 0.6) is 0 Å². The second-order valence-electron chi connectivity index (χ2n) is 10.4. The molecular formula is C27H40N8O5. The molecule has 0 saturated carbocycles. The minimum atomic E-state index is -1.14. The summed E-state index contributed by atoms with van der Waals surface area (Å²) < 4.78 is 0. The second-order valence-corrected chi connectivity index (χ2v) is 10.4. The van der Waals surface area contributed by atoms with Crippen LogP contribution in [0.3, 0.4) is 0 Å². The fourth-order valence-electron chi connectivity index (χ4n) is 4.92.